The number of aromatic nitrogens is 2. The van der Waals surface area contributed by atoms with E-state index in [0.717, 1.165) is 11.0 Å². The minimum atomic E-state index is -0.295. The molecule has 0 unspecified atom stereocenters. The number of hydrogen-bond donors (Lipinski definition) is 0. The summed E-state index contributed by atoms with van der Waals surface area (Å²) in [5, 5.41) is 0. The molecule has 0 amide bonds. The van der Waals surface area contributed by atoms with Crippen LogP contribution in [0.4, 0.5) is 4.39 Å². The molecular weight excluding hydrogens is 239 g/mol. The van der Waals surface area contributed by atoms with Gasteiger partial charge in [-0.25, -0.2) is 9.37 Å². The van der Waals surface area contributed by atoms with Crippen molar-refractivity contribution in [1.29, 1.82) is 0 Å². The standard InChI is InChI=1S/C16H11FN2/c1-2-11-19-15-10-6-5-9-14(15)18-16(19)12-7-3-4-8-13(12)17/h1,3-10H,11H2. The largest absolute Gasteiger partial charge is 0.312 e. The van der Waals surface area contributed by atoms with Crippen molar-refractivity contribution in [3.05, 3.63) is 54.3 Å². The fraction of sp³-hybridized carbons (Fsp3) is 0.0625. The number of nitrogens with zero attached hydrogens (tertiary/aromatic N) is 2. The van der Waals surface area contributed by atoms with Crippen LogP contribution in [0.2, 0.25) is 0 Å². The predicted molar refractivity (Wildman–Crippen MR) is 74.0 cm³/mol. The third kappa shape index (κ3) is 1.88. The quantitative estimate of drug-likeness (QED) is 0.637. The molecule has 0 aliphatic heterocycles. The lowest BCUT2D eigenvalue weighted by atomic mass is 10.2. The maximum absolute atomic E-state index is 13.9. The van der Waals surface area contributed by atoms with Gasteiger partial charge in [0, 0.05) is 0 Å². The fourth-order valence-electron chi connectivity index (χ4n) is 2.18. The molecule has 0 saturated carbocycles. The highest BCUT2D eigenvalue weighted by Gasteiger charge is 2.14. The predicted octanol–water partition coefficient (Wildman–Crippen LogP) is 3.48. The van der Waals surface area contributed by atoms with E-state index in [1.54, 1.807) is 18.2 Å². The topological polar surface area (TPSA) is 17.8 Å². The van der Waals surface area contributed by atoms with Gasteiger partial charge in [0.25, 0.3) is 0 Å². The molecule has 19 heavy (non-hydrogen) atoms. The van der Waals surface area contributed by atoms with Gasteiger partial charge in [-0.15, -0.1) is 6.42 Å². The summed E-state index contributed by atoms with van der Waals surface area (Å²) in [5.74, 6) is 2.86. The summed E-state index contributed by atoms with van der Waals surface area (Å²) < 4.78 is 15.8. The van der Waals surface area contributed by atoms with Gasteiger partial charge in [-0.05, 0) is 24.3 Å². The molecular formula is C16H11FN2. The van der Waals surface area contributed by atoms with Gasteiger partial charge in [-0.3, -0.25) is 0 Å². The van der Waals surface area contributed by atoms with E-state index in [2.05, 4.69) is 10.9 Å². The van der Waals surface area contributed by atoms with Crippen molar-refractivity contribution in [2.24, 2.45) is 0 Å². The average Bonchev–Trinajstić information content (AvgIpc) is 2.79. The summed E-state index contributed by atoms with van der Waals surface area (Å²) in [6.45, 7) is 0.365. The van der Waals surface area contributed by atoms with Crippen molar-refractivity contribution in [2.75, 3.05) is 0 Å². The van der Waals surface area contributed by atoms with Crippen LogP contribution >= 0.6 is 0 Å². The highest BCUT2D eigenvalue weighted by molar-refractivity contribution is 5.80. The summed E-state index contributed by atoms with van der Waals surface area (Å²) in [6, 6.07) is 14.2. The molecule has 0 aliphatic rings. The molecule has 0 bridgehead atoms. The van der Waals surface area contributed by atoms with Crippen molar-refractivity contribution in [3.8, 4) is 23.7 Å². The van der Waals surface area contributed by atoms with Crippen molar-refractivity contribution < 1.29 is 4.39 Å². The van der Waals surface area contributed by atoms with Crippen LogP contribution in [0.1, 0.15) is 0 Å². The smallest absolute Gasteiger partial charge is 0.144 e. The monoisotopic (exact) mass is 250 g/mol. The lowest BCUT2D eigenvalue weighted by Gasteiger charge is -2.06. The molecule has 0 saturated heterocycles. The van der Waals surface area contributed by atoms with E-state index >= 15 is 0 Å². The van der Waals surface area contributed by atoms with Crippen LogP contribution in [-0.2, 0) is 6.54 Å². The second-order valence-corrected chi connectivity index (χ2v) is 4.19. The summed E-state index contributed by atoms with van der Waals surface area (Å²) >= 11 is 0. The van der Waals surface area contributed by atoms with Crippen LogP contribution in [-0.4, -0.2) is 9.55 Å². The van der Waals surface area contributed by atoms with Gasteiger partial charge >= 0.3 is 0 Å². The first-order chi connectivity index (χ1) is 9.31. The number of terminal acetylenes is 1. The number of benzene rings is 2. The molecule has 92 valence electrons. The van der Waals surface area contributed by atoms with E-state index in [0.29, 0.717) is 17.9 Å². The Balaban J connectivity index is 2.32. The molecule has 3 rings (SSSR count). The van der Waals surface area contributed by atoms with E-state index in [1.165, 1.54) is 6.07 Å². The Bertz CT molecular complexity index is 781. The second kappa shape index (κ2) is 4.58. The van der Waals surface area contributed by atoms with Gasteiger partial charge in [0.15, 0.2) is 0 Å². The lowest BCUT2D eigenvalue weighted by Crippen LogP contribution is -1.99. The van der Waals surface area contributed by atoms with Crippen molar-refractivity contribution in [2.45, 2.75) is 6.54 Å². The first-order valence-corrected chi connectivity index (χ1v) is 5.95. The van der Waals surface area contributed by atoms with Gasteiger partial charge in [-0.2, -0.15) is 0 Å². The summed E-state index contributed by atoms with van der Waals surface area (Å²) in [6.07, 6.45) is 5.40. The zero-order valence-corrected chi connectivity index (χ0v) is 10.2. The van der Waals surface area contributed by atoms with E-state index in [4.69, 9.17) is 6.42 Å². The van der Waals surface area contributed by atoms with E-state index in [1.807, 2.05) is 28.8 Å². The Morgan fingerprint density at radius 1 is 1.11 bits per heavy atom. The van der Waals surface area contributed by atoms with Gasteiger partial charge in [0.05, 0.1) is 23.1 Å². The van der Waals surface area contributed by atoms with Gasteiger partial charge in [-0.1, -0.05) is 30.2 Å². The molecule has 0 atom stereocenters. The Morgan fingerprint density at radius 3 is 2.63 bits per heavy atom. The molecule has 2 nitrogen and oxygen atoms in total. The van der Waals surface area contributed by atoms with Crippen LogP contribution < -0.4 is 0 Å². The molecule has 0 fully saturated rings. The van der Waals surface area contributed by atoms with Crippen LogP contribution in [0.25, 0.3) is 22.4 Å². The average molecular weight is 250 g/mol. The normalized spacial score (nSPS) is 10.5. The Hall–Kier alpha value is -2.60. The zero-order valence-electron chi connectivity index (χ0n) is 10.2. The van der Waals surface area contributed by atoms with Gasteiger partial charge in [0.1, 0.15) is 11.6 Å². The summed E-state index contributed by atoms with van der Waals surface area (Å²) in [5.41, 5.74) is 2.20. The van der Waals surface area contributed by atoms with Crippen LogP contribution in [0.15, 0.2) is 48.5 Å². The number of para-hydroxylation sites is 2. The molecule has 3 heteroatoms. The van der Waals surface area contributed by atoms with E-state index < -0.39 is 0 Å². The molecule has 1 aromatic heterocycles. The molecule has 3 aromatic rings. The molecule has 0 radical (unpaired) electrons. The highest BCUT2D eigenvalue weighted by Crippen LogP contribution is 2.26. The van der Waals surface area contributed by atoms with Crippen molar-refractivity contribution in [3.63, 3.8) is 0 Å². The molecule has 1 heterocycles. The molecule has 0 N–H and O–H groups in total. The van der Waals surface area contributed by atoms with Crippen LogP contribution in [0.5, 0.6) is 0 Å². The Morgan fingerprint density at radius 2 is 1.84 bits per heavy atom. The maximum atomic E-state index is 13.9. The molecule has 2 aromatic carbocycles. The SMILES string of the molecule is C#CCn1c(-c2ccccc2F)nc2ccccc21. The second-order valence-electron chi connectivity index (χ2n) is 4.19. The van der Waals surface area contributed by atoms with Gasteiger partial charge < -0.3 is 4.57 Å². The maximum Gasteiger partial charge on any atom is 0.144 e. The van der Waals surface area contributed by atoms with Crippen molar-refractivity contribution in [1.82, 2.24) is 9.55 Å². The van der Waals surface area contributed by atoms with Crippen molar-refractivity contribution >= 4 is 11.0 Å². The summed E-state index contributed by atoms with van der Waals surface area (Å²) in [4.78, 5) is 4.49. The van der Waals surface area contributed by atoms with Crippen LogP contribution in [0, 0.1) is 18.2 Å². The number of fused-ring (bicyclic) bond motifs is 1. The third-order valence-electron chi connectivity index (χ3n) is 3.02. The molecule has 0 aliphatic carbocycles. The number of hydrogen-bond acceptors (Lipinski definition) is 1. The Labute approximate surface area is 110 Å². The van der Waals surface area contributed by atoms with Crippen LogP contribution in [0.3, 0.4) is 0 Å². The number of halogens is 1. The highest BCUT2D eigenvalue weighted by atomic mass is 19.1. The fourth-order valence-corrected chi connectivity index (χ4v) is 2.18. The molecule has 0 spiro atoms. The number of imidazole rings is 1. The first kappa shape index (κ1) is 11.5. The first-order valence-electron chi connectivity index (χ1n) is 5.95. The van der Waals surface area contributed by atoms with E-state index in [-0.39, 0.29) is 5.82 Å². The minimum Gasteiger partial charge on any atom is -0.312 e. The lowest BCUT2D eigenvalue weighted by molar-refractivity contribution is 0.628. The number of rotatable bonds is 2. The summed E-state index contributed by atoms with van der Waals surface area (Å²) in [7, 11) is 0. The zero-order chi connectivity index (χ0) is 13.2. The Kier molecular flexibility index (Phi) is 2.77. The van der Waals surface area contributed by atoms with E-state index in [9.17, 15) is 4.39 Å². The minimum absolute atomic E-state index is 0.295. The van der Waals surface area contributed by atoms with Gasteiger partial charge in [0.2, 0.25) is 0 Å². The third-order valence-corrected chi connectivity index (χ3v) is 3.02.